The summed E-state index contributed by atoms with van der Waals surface area (Å²) in [5.41, 5.74) is 2.58. The van der Waals surface area contributed by atoms with Gasteiger partial charge < -0.3 is 4.74 Å². The van der Waals surface area contributed by atoms with E-state index in [1.165, 1.54) is 6.34 Å². The van der Waals surface area contributed by atoms with Crippen LogP contribution in [0.15, 0.2) is 87.7 Å². The van der Waals surface area contributed by atoms with Gasteiger partial charge in [0.05, 0.1) is 17.7 Å². The fourth-order valence-electron chi connectivity index (χ4n) is 1.83. The quantitative estimate of drug-likeness (QED) is 0.710. The molecule has 3 rings (SSSR count). The smallest absolute Gasteiger partial charge is 0.128 e. The van der Waals surface area contributed by atoms with Crippen molar-refractivity contribution in [3.63, 3.8) is 0 Å². The fourth-order valence-corrected chi connectivity index (χ4v) is 1.83. The second kappa shape index (κ2) is 6.43. The van der Waals surface area contributed by atoms with Gasteiger partial charge in [0.25, 0.3) is 0 Å². The average Bonchev–Trinajstić information content (AvgIpc) is 2.93. The van der Waals surface area contributed by atoms with Gasteiger partial charge in [-0.05, 0) is 30.4 Å². The van der Waals surface area contributed by atoms with E-state index in [1.54, 1.807) is 30.8 Å². The first-order valence-corrected chi connectivity index (χ1v) is 6.52. The average molecular weight is 275 g/mol. The summed E-state index contributed by atoms with van der Waals surface area (Å²) in [6.07, 6.45) is 16.0. The van der Waals surface area contributed by atoms with Gasteiger partial charge in [-0.3, -0.25) is 4.99 Å². The topological polar surface area (TPSA) is 46.3 Å². The van der Waals surface area contributed by atoms with Gasteiger partial charge >= 0.3 is 0 Å². The third-order valence-corrected chi connectivity index (χ3v) is 2.83. The molecule has 1 heterocycles. The van der Waals surface area contributed by atoms with Gasteiger partial charge in [-0.1, -0.05) is 18.2 Å². The zero-order valence-corrected chi connectivity index (χ0v) is 11.3. The maximum atomic E-state index is 5.48. The van der Waals surface area contributed by atoms with E-state index in [9.17, 15) is 0 Å². The summed E-state index contributed by atoms with van der Waals surface area (Å²) in [4.78, 5) is 12.9. The van der Waals surface area contributed by atoms with E-state index in [-0.39, 0.29) is 0 Å². The number of fused-ring (bicyclic) bond motifs is 3. The van der Waals surface area contributed by atoms with E-state index in [0.29, 0.717) is 0 Å². The van der Waals surface area contributed by atoms with Crippen molar-refractivity contribution in [3.05, 3.63) is 72.7 Å². The summed E-state index contributed by atoms with van der Waals surface area (Å²) in [5.74, 6) is 0.724. The Balaban J connectivity index is 1.95. The van der Waals surface area contributed by atoms with Crippen LogP contribution in [0, 0.1) is 0 Å². The maximum Gasteiger partial charge on any atom is 0.128 e. The molecule has 4 nitrogen and oxygen atoms in total. The monoisotopic (exact) mass is 275 g/mol. The summed E-state index contributed by atoms with van der Waals surface area (Å²) in [6.45, 7) is 0. The summed E-state index contributed by atoms with van der Waals surface area (Å²) in [7, 11) is 0. The van der Waals surface area contributed by atoms with Gasteiger partial charge in [-0.15, -0.1) is 0 Å². The molecule has 0 fully saturated rings. The summed E-state index contributed by atoms with van der Waals surface area (Å²) in [6, 6.07) is 7.51. The molecule has 2 bridgehead atoms. The molecule has 21 heavy (non-hydrogen) atoms. The molecule has 0 unspecified atom stereocenters. The lowest BCUT2D eigenvalue weighted by molar-refractivity contribution is 0.481. The second-order valence-electron chi connectivity index (χ2n) is 4.30. The third kappa shape index (κ3) is 3.51. The lowest BCUT2D eigenvalue weighted by Crippen LogP contribution is -1.97. The highest BCUT2D eigenvalue weighted by Gasteiger charge is 2.04. The SMILES string of the molecule is C1=C/C2=N/C=N\c3cccc(c3)O\C=C/C=C\N=C/C2=C1. The highest BCUT2D eigenvalue weighted by Crippen LogP contribution is 2.20. The van der Waals surface area contributed by atoms with Crippen LogP contribution in [0.25, 0.3) is 0 Å². The van der Waals surface area contributed by atoms with Crippen molar-refractivity contribution >= 4 is 24.0 Å². The molecule has 1 aromatic carbocycles. The zero-order valence-electron chi connectivity index (χ0n) is 11.3. The molecule has 1 aliphatic heterocycles. The Labute approximate surface area is 122 Å². The van der Waals surface area contributed by atoms with Gasteiger partial charge in [0.1, 0.15) is 12.1 Å². The fraction of sp³-hybridized carbons (Fsp3) is 0. The number of rotatable bonds is 0. The molecule has 0 atom stereocenters. The summed E-state index contributed by atoms with van der Waals surface area (Å²) >= 11 is 0. The van der Waals surface area contributed by atoms with E-state index < -0.39 is 0 Å². The second-order valence-corrected chi connectivity index (χ2v) is 4.30. The first kappa shape index (κ1) is 13.0. The molecule has 1 aromatic rings. The summed E-state index contributed by atoms with van der Waals surface area (Å²) in [5, 5.41) is 0. The molecular weight excluding hydrogens is 262 g/mol. The van der Waals surface area contributed by atoms with Crippen molar-refractivity contribution in [2.45, 2.75) is 0 Å². The van der Waals surface area contributed by atoms with E-state index >= 15 is 0 Å². The number of nitrogens with zero attached hydrogens (tertiary/aromatic N) is 3. The van der Waals surface area contributed by atoms with E-state index in [0.717, 1.165) is 22.7 Å². The van der Waals surface area contributed by atoms with Crippen molar-refractivity contribution in [2.24, 2.45) is 15.0 Å². The molecule has 0 amide bonds. The van der Waals surface area contributed by atoms with Crippen LogP contribution in [0.2, 0.25) is 0 Å². The molecule has 2 aliphatic rings. The Bertz CT molecular complexity index is 734. The first-order valence-electron chi connectivity index (χ1n) is 6.52. The number of aliphatic imine (C=N–C) groups is 3. The van der Waals surface area contributed by atoms with Gasteiger partial charge in [0.2, 0.25) is 0 Å². The number of ether oxygens (including phenoxy) is 1. The minimum atomic E-state index is 0.724. The van der Waals surface area contributed by atoms with Crippen molar-refractivity contribution in [3.8, 4) is 5.75 Å². The van der Waals surface area contributed by atoms with Crippen molar-refractivity contribution in [1.82, 2.24) is 0 Å². The molecule has 4 heteroatoms. The minimum Gasteiger partial charge on any atom is -0.465 e. The number of hydrogen-bond donors (Lipinski definition) is 0. The number of allylic oxidation sites excluding steroid dienone is 6. The van der Waals surface area contributed by atoms with Crippen LogP contribution in [-0.2, 0) is 0 Å². The van der Waals surface area contributed by atoms with E-state index in [2.05, 4.69) is 15.0 Å². The molecule has 0 saturated heterocycles. The van der Waals surface area contributed by atoms with E-state index in [1.807, 2.05) is 42.5 Å². The first-order chi connectivity index (χ1) is 10.4. The molecule has 0 N–H and O–H groups in total. The molecular formula is C17H13N3O. The largest absolute Gasteiger partial charge is 0.465 e. The predicted molar refractivity (Wildman–Crippen MR) is 86.7 cm³/mol. The maximum absolute atomic E-state index is 5.48. The lowest BCUT2D eigenvalue weighted by atomic mass is 10.2. The van der Waals surface area contributed by atoms with Crippen molar-refractivity contribution in [1.29, 1.82) is 0 Å². The van der Waals surface area contributed by atoms with Gasteiger partial charge in [0.15, 0.2) is 0 Å². The zero-order chi connectivity index (χ0) is 14.3. The Morgan fingerprint density at radius 3 is 3.05 bits per heavy atom. The van der Waals surface area contributed by atoms with Crippen LogP contribution in [0.3, 0.4) is 0 Å². The van der Waals surface area contributed by atoms with Crippen LogP contribution in [0.5, 0.6) is 5.75 Å². The number of benzene rings is 1. The van der Waals surface area contributed by atoms with Crippen LogP contribution in [-0.4, -0.2) is 18.3 Å². The van der Waals surface area contributed by atoms with Crippen LogP contribution in [0.4, 0.5) is 5.69 Å². The Hall–Kier alpha value is -3.01. The molecule has 0 spiro atoms. The van der Waals surface area contributed by atoms with Crippen LogP contribution in [0.1, 0.15) is 0 Å². The highest BCUT2D eigenvalue weighted by atomic mass is 16.5. The molecule has 0 radical (unpaired) electrons. The predicted octanol–water partition coefficient (Wildman–Crippen LogP) is 3.77. The Morgan fingerprint density at radius 2 is 2.05 bits per heavy atom. The lowest BCUT2D eigenvalue weighted by Gasteiger charge is -2.00. The van der Waals surface area contributed by atoms with Crippen LogP contribution < -0.4 is 4.74 Å². The van der Waals surface area contributed by atoms with Crippen LogP contribution >= 0.6 is 0 Å². The highest BCUT2D eigenvalue weighted by molar-refractivity contribution is 6.25. The van der Waals surface area contributed by atoms with Gasteiger partial charge in [-0.25, -0.2) is 9.98 Å². The normalized spacial score (nSPS) is 25.1. The Morgan fingerprint density at radius 1 is 1.05 bits per heavy atom. The number of hydrogen-bond acceptors (Lipinski definition) is 4. The minimum absolute atomic E-state index is 0.724. The van der Waals surface area contributed by atoms with Gasteiger partial charge in [-0.2, -0.15) is 0 Å². The third-order valence-electron chi connectivity index (χ3n) is 2.83. The molecule has 0 saturated carbocycles. The Kier molecular flexibility index (Phi) is 3.98. The van der Waals surface area contributed by atoms with Crippen molar-refractivity contribution < 1.29 is 4.74 Å². The molecule has 0 aromatic heterocycles. The molecule has 102 valence electrons. The van der Waals surface area contributed by atoms with Gasteiger partial charge in [0, 0.05) is 24.1 Å². The standard InChI is InChI=1S/C17H13N3O/c1-2-10-21-16-7-4-6-15(11-16)19-13-20-17-8-3-5-14(17)12-18-9-1/h1-13H/b9-1-,10-2-,18-12-,19-13-,20-17-. The van der Waals surface area contributed by atoms with Crippen molar-refractivity contribution in [2.75, 3.05) is 0 Å². The molecule has 1 aliphatic carbocycles. The van der Waals surface area contributed by atoms with E-state index in [4.69, 9.17) is 4.74 Å². The summed E-state index contributed by atoms with van der Waals surface area (Å²) < 4.78 is 5.48.